The molecule has 0 aliphatic rings. The molecule has 0 aliphatic carbocycles. The highest BCUT2D eigenvalue weighted by atomic mass is 35.5. The first kappa shape index (κ1) is 20.4. The summed E-state index contributed by atoms with van der Waals surface area (Å²) in [4.78, 5) is 0. The number of ether oxygens (including phenoxy) is 1. The lowest BCUT2D eigenvalue weighted by molar-refractivity contribution is 0.412. The summed E-state index contributed by atoms with van der Waals surface area (Å²) in [5, 5.41) is 9.74. The highest BCUT2D eigenvalue weighted by Crippen LogP contribution is 2.35. The SMILES string of the molecule is COc1ccccc1-n1c(SCc2cc(F)cc(F)c2)nnc1-c1ccccc1Cl. The summed E-state index contributed by atoms with van der Waals surface area (Å²) >= 11 is 7.72. The minimum atomic E-state index is -0.617. The average Bonchev–Trinajstić information content (AvgIpc) is 3.15. The predicted molar refractivity (Wildman–Crippen MR) is 114 cm³/mol. The maximum absolute atomic E-state index is 13.6. The quantitative estimate of drug-likeness (QED) is 0.334. The summed E-state index contributed by atoms with van der Waals surface area (Å²) in [6.45, 7) is 0. The van der Waals surface area contributed by atoms with Crippen LogP contribution in [0.3, 0.4) is 0 Å². The lowest BCUT2D eigenvalue weighted by Gasteiger charge is -2.14. The molecule has 3 aromatic carbocycles. The monoisotopic (exact) mass is 443 g/mol. The van der Waals surface area contributed by atoms with Gasteiger partial charge in [0.05, 0.1) is 17.8 Å². The van der Waals surface area contributed by atoms with Crippen molar-refractivity contribution in [2.45, 2.75) is 10.9 Å². The number of nitrogens with zero attached hydrogens (tertiary/aromatic N) is 3. The maximum Gasteiger partial charge on any atom is 0.196 e. The zero-order chi connectivity index (χ0) is 21.1. The van der Waals surface area contributed by atoms with E-state index >= 15 is 0 Å². The van der Waals surface area contributed by atoms with E-state index in [-0.39, 0.29) is 0 Å². The maximum atomic E-state index is 13.6. The summed E-state index contributed by atoms with van der Waals surface area (Å²) in [7, 11) is 1.58. The number of para-hydroxylation sites is 2. The fourth-order valence-electron chi connectivity index (χ4n) is 3.05. The molecule has 0 spiro atoms. The van der Waals surface area contributed by atoms with Crippen molar-refractivity contribution in [1.29, 1.82) is 0 Å². The molecule has 0 bridgehead atoms. The molecule has 1 heterocycles. The van der Waals surface area contributed by atoms with Crippen LogP contribution in [0.4, 0.5) is 8.78 Å². The van der Waals surface area contributed by atoms with E-state index in [1.165, 1.54) is 23.9 Å². The van der Waals surface area contributed by atoms with Gasteiger partial charge in [-0.15, -0.1) is 10.2 Å². The Labute approximate surface area is 181 Å². The molecule has 0 fully saturated rings. The third kappa shape index (κ3) is 4.17. The number of benzene rings is 3. The van der Waals surface area contributed by atoms with Gasteiger partial charge in [-0.25, -0.2) is 8.78 Å². The summed E-state index contributed by atoms with van der Waals surface area (Å²) in [5.74, 6) is 0.245. The van der Waals surface area contributed by atoms with E-state index in [1.54, 1.807) is 13.2 Å². The topological polar surface area (TPSA) is 39.9 Å². The molecule has 1 aromatic heterocycles. The molecule has 0 unspecified atom stereocenters. The second-order valence-corrected chi connectivity index (χ2v) is 7.71. The van der Waals surface area contributed by atoms with E-state index in [9.17, 15) is 8.78 Å². The highest BCUT2D eigenvalue weighted by Gasteiger charge is 2.20. The minimum Gasteiger partial charge on any atom is -0.495 e. The van der Waals surface area contributed by atoms with E-state index in [0.717, 1.165) is 11.8 Å². The fraction of sp³-hybridized carbons (Fsp3) is 0.0909. The van der Waals surface area contributed by atoms with Gasteiger partial charge in [0.1, 0.15) is 17.4 Å². The van der Waals surface area contributed by atoms with Crippen molar-refractivity contribution in [2.24, 2.45) is 0 Å². The molecular formula is C22H16ClF2N3OS. The van der Waals surface area contributed by atoms with Gasteiger partial charge in [0.25, 0.3) is 0 Å². The van der Waals surface area contributed by atoms with Crippen LogP contribution in [0, 0.1) is 11.6 Å². The van der Waals surface area contributed by atoms with Gasteiger partial charge in [0.2, 0.25) is 0 Å². The van der Waals surface area contributed by atoms with Crippen LogP contribution >= 0.6 is 23.4 Å². The number of hydrogen-bond donors (Lipinski definition) is 0. The molecule has 8 heteroatoms. The first-order valence-corrected chi connectivity index (χ1v) is 10.3. The summed E-state index contributed by atoms with van der Waals surface area (Å²) in [5.41, 5.74) is 1.94. The largest absolute Gasteiger partial charge is 0.495 e. The average molecular weight is 444 g/mol. The van der Waals surface area contributed by atoms with E-state index in [4.69, 9.17) is 16.3 Å². The molecule has 152 valence electrons. The van der Waals surface area contributed by atoms with E-state index in [0.29, 0.717) is 38.6 Å². The predicted octanol–water partition coefficient (Wildman–Crippen LogP) is 6.17. The second-order valence-electron chi connectivity index (χ2n) is 6.36. The standard InChI is InChI=1S/C22H16ClF2N3OS/c1-29-20-9-5-4-8-19(20)28-21(17-6-2-3-7-18(17)23)26-27-22(28)30-13-14-10-15(24)12-16(25)11-14/h2-12H,13H2,1H3. The van der Waals surface area contributed by atoms with Gasteiger partial charge in [0, 0.05) is 17.4 Å². The third-order valence-corrected chi connectivity index (χ3v) is 5.69. The molecule has 0 saturated heterocycles. The Morgan fingerprint density at radius 1 is 0.967 bits per heavy atom. The van der Waals surface area contributed by atoms with Crippen molar-refractivity contribution in [3.63, 3.8) is 0 Å². The van der Waals surface area contributed by atoms with Gasteiger partial charge in [-0.1, -0.05) is 47.6 Å². The van der Waals surface area contributed by atoms with Crippen molar-refractivity contribution in [3.05, 3.63) is 89.0 Å². The highest BCUT2D eigenvalue weighted by molar-refractivity contribution is 7.98. The normalized spacial score (nSPS) is 10.9. The van der Waals surface area contributed by atoms with Crippen LogP contribution in [0.1, 0.15) is 5.56 Å². The second kappa shape index (κ2) is 8.85. The Morgan fingerprint density at radius 3 is 2.40 bits per heavy atom. The van der Waals surface area contributed by atoms with Gasteiger partial charge < -0.3 is 4.74 Å². The van der Waals surface area contributed by atoms with Crippen LogP contribution in [0.15, 0.2) is 71.9 Å². The van der Waals surface area contributed by atoms with Gasteiger partial charge in [-0.3, -0.25) is 4.57 Å². The van der Waals surface area contributed by atoms with Crippen LogP contribution < -0.4 is 4.74 Å². The summed E-state index contributed by atoms with van der Waals surface area (Å²) < 4.78 is 34.5. The Morgan fingerprint density at radius 2 is 1.67 bits per heavy atom. The molecule has 0 amide bonds. The Bertz CT molecular complexity index is 1180. The van der Waals surface area contributed by atoms with Gasteiger partial charge >= 0.3 is 0 Å². The van der Waals surface area contributed by atoms with Gasteiger partial charge in [0.15, 0.2) is 11.0 Å². The molecule has 30 heavy (non-hydrogen) atoms. The van der Waals surface area contributed by atoms with Crippen LogP contribution in [0.2, 0.25) is 5.02 Å². The van der Waals surface area contributed by atoms with E-state index < -0.39 is 11.6 Å². The number of methoxy groups -OCH3 is 1. The van der Waals surface area contributed by atoms with Crippen LogP contribution in [0.25, 0.3) is 17.1 Å². The lowest BCUT2D eigenvalue weighted by Crippen LogP contribution is -2.02. The molecule has 0 saturated carbocycles. The summed E-state index contributed by atoms with van der Waals surface area (Å²) in [6.07, 6.45) is 0. The zero-order valence-electron chi connectivity index (χ0n) is 15.8. The van der Waals surface area contributed by atoms with E-state index in [2.05, 4.69) is 10.2 Å². The molecule has 4 rings (SSSR count). The minimum absolute atomic E-state index is 0.310. The van der Waals surface area contributed by atoms with Crippen molar-refractivity contribution < 1.29 is 13.5 Å². The van der Waals surface area contributed by atoms with Crippen LogP contribution in [-0.2, 0) is 5.75 Å². The first-order valence-electron chi connectivity index (χ1n) is 8.98. The molecule has 0 radical (unpaired) electrons. The molecular weight excluding hydrogens is 428 g/mol. The van der Waals surface area contributed by atoms with E-state index in [1.807, 2.05) is 47.0 Å². The number of thioether (sulfide) groups is 1. The molecule has 4 nitrogen and oxygen atoms in total. The Balaban J connectivity index is 1.80. The molecule has 4 aromatic rings. The number of rotatable bonds is 6. The fourth-order valence-corrected chi connectivity index (χ4v) is 4.15. The molecule has 0 aliphatic heterocycles. The van der Waals surface area contributed by atoms with Crippen LogP contribution in [-0.4, -0.2) is 21.9 Å². The Hall–Kier alpha value is -2.90. The summed E-state index contributed by atoms with van der Waals surface area (Å²) in [6, 6.07) is 18.2. The van der Waals surface area contributed by atoms with Crippen molar-refractivity contribution >= 4 is 23.4 Å². The molecule has 0 atom stereocenters. The van der Waals surface area contributed by atoms with Gasteiger partial charge in [-0.2, -0.15) is 0 Å². The van der Waals surface area contributed by atoms with Gasteiger partial charge in [-0.05, 0) is 42.0 Å². The Kier molecular flexibility index (Phi) is 6.01. The van der Waals surface area contributed by atoms with Crippen molar-refractivity contribution in [2.75, 3.05) is 7.11 Å². The number of halogens is 3. The van der Waals surface area contributed by atoms with Crippen LogP contribution in [0.5, 0.6) is 5.75 Å². The first-order chi connectivity index (χ1) is 14.6. The third-order valence-electron chi connectivity index (χ3n) is 4.36. The lowest BCUT2D eigenvalue weighted by atomic mass is 10.2. The zero-order valence-corrected chi connectivity index (χ0v) is 17.4. The van der Waals surface area contributed by atoms with Crippen molar-refractivity contribution in [1.82, 2.24) is 14.8 Å². The smallest absolute Gasteiger partial charge is 0.196 e. The number of aromatic nitrogens is 3. The molecule has 0 N–H and O–H groups in total. The van der Waals surface area contributed by atoms with Crippen molar-refractivity contribution in [3.8, 4) is 22.8 Å². The number of hydrogen-bond acceptors (Lipinski definition) is 4.